The summed E-state index contributed by atoms with van der Waals surface area (Å²) < 4.78 is 19.1. The monoisotopic (exact) mass is 524 g/mol. The number of carbonyl (C=O) groups is 3. The van der Waals surface area contributed by atoms with Crippen molar-refractivity contribution in [1.82, 2.24) is 9.97 Å². The van der Waals surface area contributed by atoms with Crippen molar-refractivity contribution in [3.05, 3.63) is 90.0 Å². The van der Waals surface area contributed by atoms with Crippen LogP contribution in [-0.2, 0) is 15.0 Å². The van der Waals surface area contributed by atoms with Crippen LogP contribution in [0.5, 0.6) is 5.75 Å². The van der Waals surface area contributed by atoms with Gasteiger partial charge < -0.3 is 20.6 Å². The average molecular weight is 525 g/mol. The molecule has 0 spiro atoms. The Balaban J connectivity index is 1.62. The largest absolute Gasteiger partial charge is 0.495 e. The number of anilines is 3. The number of nitrogens with zero attached hydrogens (tertiary/aromatic N) is 2. The zero-order valence-electron chi connectivity index (χ0n) is 20.6. The van der Waals surface area contributed by atoms with E-state index in [4.69, 9.17) is 10.5 Å². The summed E-state index contributed by atoms with van der Waals surface area (Å²) in [6, 6.07) is 17.2. The number of nitrogen functional groups attached to an aromatic ring is 1. The predicted octanol–water partition coefficient (Wildman–Crippen LogP) is 4.72. The Morgan fingerprint density at radius 1 is 1.08 bits per heavy atom. The van der Waals surface area contributed by atoms with E-state index in [-0.39, 0.29) is 34.1 Å². The van der Waals surface area contributed by atoms with Crippen molar-refractivity contribution in [2.75, 3.05) is 17.7 Å². The summed E-state index contributed by atoms with van der Waals surface area (Å²) >= 11 is 0. The first-order valence-electron chi connectivity index (χ1n) is 12.0. The number of carboxylic acids is 1. The van der Waals surface area contributed by atoms with Crippen LogP contribution in [0.4, 0.5) is 21.5 Å². The number of methoxy groups -OCH3 is 1. The van der Waals surface area contributed by atoms with Crippen molar-refractivity contribution >= 4 is 56.5 Å². The number of halogens is 1. The lowest BCUT2D eigenvalue weighted by Gasteiger charge is -2.26. The fraction of sp³-hybridized carbons (Fsp3) is 0.103. The fourth-order valence-corrected chi connectivity index (χ4v) is 5.43. The van der Waals surface area contributed by atoms with Crippen LogP contribution in [0, 0.1) is 5.82 Å². The number of aromatic nitrogens is 2. The standard InChI is InChI=1S/C29H21FN4O5/c1-39-23-11-10-22-25(26(23)31)29(13-24(35)36,28(38)34(22)16-8-6-15(30)7-9-16)27(37)20-12-18-17-4-2-3-5-19(17)33-21(18)14-32-20/h2-12,14,33H,13,31H2,1H3,(H,35,36). The zero-order valence-corrected chi connectivity index (χ0v) is 20.6. The molecular weight excluding hydrogens is 503 g/mol. The third kappa shape index (κ3) is 3.45. The van der Waals surface area contributed by atoms with E-state index in [0.717, 1.165) is 10.9 Å². The van der Waals surface area contributed by atoms with Gasteiger partial charge in [0.2, 0.25) is 5.78 Å². The molecule has 3 aromatic carbocycles. The van der Waals surface area contributed by atoms with E-state index in [1.54, 1.807) is 6.07 Å². The second-order valence-corrected chi connectivity index (χ2v) is 9.28. The lowest BCUT2D eigenvalue weighted by molar-refractivity contribution is -0.140. The van der Waals surface area contributed by atoms with E-state index in [1.165, 1.54) is 54.6 Å². The topological polar surface area (TPSA) is 139 Å². The molecule has 0 saturated heterocycles. The van der Waals surface area contributed by atoms with E-state index in [1.807, 2.05) is 24.3 Å². The van der Waals surface area contributed by atoms with Gasteiger partial charge in [-0.3, -0.25) is 24.3 Å². The first-order chi connectivity index (χ1) is 18.8. The molecular formula is C29H21FN4O5. The van der Waals surface area contributed by atoms with Gasteiger partial charge in [-0.15, -0.1) is 0 Å². The van der Waals surface area contributed by atoms with Gasteiger partial charge >= 0.3 is 5.97 Å². The van der Waals surface area contributed by atoms with Crippen LogP contribution >= 0.6 is 0 Å². The van der Waals surface area contributed by atoms with Crippen molar-refractivity contribution in [2.45, 2.75) is 11.8 Å². The van der Waals surface area contributed by atoms with E-state index in [9.17, 15) is 23.9 Å². The number of pyridine rings is 1. The van der Waals surface area contributed by atoms with Crippen molar-refractivity contribution in [3.8, 4) is 5.75 Å². The van der Waals surface area contributed by atoms with Crippen LogP contribution in [0.3, 0.4) is 0 Å². The lowest BCUT2D eigenvalue weighted by atomic mass is 9.73. The molecule has 5 aromatic rings. The molecule has 1 aliphatic heterocycles. The first-order valence-corrected chi connectivity index (χ1v) is 12.0. The van der Waals surface area contributed by atoms with Crippen molar-refractivity contribution < 1.29 is 28.6 Å². The number of amides is 1. The highest BCUT2D eigenvalue weighted by atomic mass is 19.1. The predicted molar refractivity (Wildman–Crippen MR) is 143 cm³/mol. The number of ether oxygens (including phenoxy) is 1. The molecule has 0 radical (unpaired) electrons. The van der Waals surface area contributed by atoms with E-state index in [0.29, 0.717) is 10.9 Å². The fourth-order valence-electron chi connectivity index (χ4n) is 5.43. The van der Waals surface area contributed by atoms with Crippen LogP contribution in [0.15, 0.2) is 72.9 Å². The smallest absolute Gasteiger partial charge is 0.305 e. The number of nitrogens with one attached hydrogen (secondary N) is 1. The Labute approximate surface area is 220 Å². The number of aromatic amines is 1. The van der Waals surface area contributed by atoms with Crippen LogP contribution in [-0.4, -0.2) is 39.8 Å². The van der Waals surface area contributed by atoms with Gasteiger partial charge in [0.05, 0.1) is 36.6 Å². The summed E-state index contributed by atoms with van der Waals surface area (Å²) in [4.78, 5) is 49.8. The number of para-hydroxylation sites is 1. The summed E-state index contributed by atoms with van der Waals surface area (Å²) in [5.74, 6) is -3.40. The molecule has 0 saturated carbocycles. The molecule has 2 aromatic heterocycles. The van der Waals surface area contributed by atoms with Crippen LogP contribution in [0.25, 0.3) is 21.8 Å². The summed E-state index contributed by atoms with van der Waals surface area (Å²) in [7, 11) is 1.37. The third-order valence-electron chi connectivity index (χ3n) is 7.15. The average Bonchev–Trinajstić information content (AvgIpc) is 3.42. The second-order valence-electron chi connectivity index (χ2n) is 9.28. The molecule has 39 heavy (non-hydrogen) atoms. The molecule has 9 nitrogen and oxygen atoms in total. The summed E-state index contributed by atoms with van der Waals surface area (Å²) in [5.41, 5.74) is 6.00. The number of carbonyl (C=O) groups excluding carboxylic acids is 2. The highest BCUT2D eigenvalue weighted by Gasteiger charge is 2.59. The van der Waals surface area contributed by atoms with Gasteiger partial charge in [-0.05, 0) is 48.5 Å². The molecule has 1 atom stereocenters. The maximum atomic E-state index is 14.4. The number of carboxylic acid groups (broad SMARTS) is 1. The Morgan fingerprint density at radius 3 is 2.54 bits per heavy atom. The van der Waals surface area contributed by atoms with Crippen LogP contribution in [0.1, 0.15) is 22.5 Å². The van der Waals surface area contributed by atoms with E-state index < -0.39 is 35.3 Å². The SMILES string of the molecule is COc1ccc2c(c1N)C(CC(=O)O)(C(=O)c1cc3c(cn1)[nH]c1ccccc13)C(=O)N2c1ccc(F)cc1. The Hall–Kier alpha value is -5.25. The minimum absolute atomic E-state index is 0.00407. The molecule has 10 heteroatoms. The Kier molecular flexibility index (Phi) is 5.35. The Bertz CT molecular complexity index is 1830. The molecule has 6 rings (SSSR count). The van der Waals surface area contributed by atoms with Gasteiger partial charge in [0.25, 0.3) is 5.91 Å². The summed E-state index contributed by atoms with van der Waals surface area (Å²) in [6.07, 6.45) is 0.588. The number of benzene rings is 3. The highest BCUT2D eigenvalue weighted by molar-refractivity contribution is 6.30. The normalized spacial score (nSPS) is 16.6. The second kappa shape index (κ2) is 8.66. The molecule has 0 bridgehead atoms. The van der Waals surface area contributed by atoms with Crippen molar-refractivity contribution in [3.63, 3.8) is 0 Å². The van der Waals surface area contributed by atoms with Gasteiger partial charge in [-0.2, -0.15) is 0 Å². The van der Waals surface area contributed by atoms with Crippen molar-refractivity contribution in [1.29, 1.82) is 0 Å². The maximum Gasteiger partial charge on any atom is 0.305 e. The molecule has 4 N–H and O–H groups in total. The van der Waals surface area contributed by atoms with Crippen LogP contribution in [0.2, 0.25) is 0 Å². The number of hydrogen-bond donors (Lipinski definition) is 3. The van der Waals surface area contributed by atoms with Gasteiger partial charge in [-0.1, -0.05) is 18.2 Å². The summed E-state index contributed by atoms with van der Waals surface area (Å²) in [5, 5.41) is 11.5. The van der Waals surface area contributed by atoms with E-state index >= 15 is 0 Å². The van der Waals surface area contributed by atoms with Gasteiger partial charge in [0.15, 0.2) is 5.41 Å². The number of aliphatic carboxylic acids is 1. The summed E-state index contributed by atoms with van der Waals surface area (Å²) in [6.45, 7) is 0. The highest BCUT2D eigenvalue weighted by Crippen LogP contribution is 2.53. The number of rotatable bonds is 6. The number of fused-ring (bicyclic) bond motifs is 4. The first kappa shape index (κ1) is 24.1. The quantitative estimate of drug-likeness (QED) is 0.166. The molecule has 0 aliphatic carbocycles. The maximum absolute atomic E-state index is 14.4. The minimum Gasteiger partial charge on any atom is -0.495 e. The van der Waals surface area contributed by atoms with E-state index in [2.05, 4.69) is 9.97 Å². The number of ketones is 1. The molecule has 1 unspecified atom stereocenters. The molecule has 194 valence electrons. The number of Topliss-reactive ketones (excluding diaryl/α,β-unsaturated/α-hetero) is 1. The minimum atomic E-state index is -2.26. The van der Waals surface area contributed by atoms with Crippen LogP contribution < -0.4 is 15.4 Å². The zero-order chi connectivity index (χ0) is 27.5. The number of nitrogens with two attached hydrogens (primary N) is 1. The van der Waals surface area contributed by atoms with Gasteiger partial charge in [0, 0.05) is 27.5 Å². The number of hydrogen-bond acceptors (Lipinski definition) is 6. The Morgan fingerprint density at radius 2 is 1.82 bits per heavy atom. The molecule has 0 fully saturated rings. The third-order valence-corrected chi connectivity index (χ3v) is 7.15. The van der Waals surface area contributed by atoms with Gasteiger partial charge in [0.1, 0.15) is 17.3 Å². The number of H-pyrrole nitrogens is 1. The molecule has 1 amide bonds. The van der Waals surface area contributed by atoms with Gasteiger partial charge in [-0.25, -0.2) is 4.39 Å². The van der Waals surface area contributed by atoms with Crippen molar-refractivity contribution in [2.24, 2.45) is 0 Å². The molecule has 3 heterocycles. The lowest BCUT2D eigenvalue weighted by Crippen LogP contribution is -2.47. The molecule has 1 aliphatic rings.